The second-order valence-electron chi connectivity index (χ2n) is 4.79. The minimum atomic E-state index is -4.60. The molecule has 2 aromatic carbocycles. The summed E-state index contributed by atoms with van der Waals surface area (Å²) in [6.07, 6.45) is -4.60. The van der Waals surface area contributed by atoms with Crippen LogP contribution in [0.2, 0.25) is 5.02 Å². The SMILES string of the molecule is O=c1[nH]n(-c2cc(C(F)(F)F)ccc2Cl)c(=O)c2ccccc12. The minimum Gasteiger partial charge on any atom is -0.267 e. The molecule has 0 aliphatic rings. The van der Waals surface area contributed by atoms with E-state index in [-0.39, 0.29) is 21.5 Å². The lowest BCUT2D eigenvalue weighted by Gasteiger charge is -2.12. The monoisotopic (exact) mass is 340 g/mol. The number of alkyl halides is 3. The summed E-state index contributed by atoms with van der Waals surface area (Å²) < 4.78 is 39.3. The van der Waals surface area contributed by atoms with Crippen molar-refractivity contribution in [2.24, 2.45) is 0 Å². The van der Waals surface area contributed by atoms with Gasteiger partial charge < -0.3 is 0 Å². The molecule has 0 aliphatic carbocycles. The predicted octanol–water partition coefficient (Wildman–Crippen LogP) is 3.35. The molecule has 0 aliphatic heterocycles. The molecule has 8 heteroatoms. The molecule has 0 bridgehead atoms. The summed E-state index contributed by atoms with van der Waals surface area (Å²) in [5.74, 6) is 0. The molecule has 1 N–H and O–H groups in total. The van der Waals surface area contributed by atoms with Crippen molar-refractivity contribution < 1.29 is 13.2 Å². The highest BCUT2D eigenvalue weighted by Crippen LogP contribution is 2.32. The van der Waals surface area contributed by atoms with Crippen molar-refractivity contribution in [3.63, 3.8) is 0 Å². The van der Waals surface area contributed by atoms with Crippen LogP contribution in [0.5, 0.6) is 0 Å². The summed E-state index contributed by atoms with van der Waals surface area (Å²) in [6, 6.07) is 8.56. The molecule has 0 amide bonds. The van der Waals surface area contributed by atoms with Crippen molar-refractivity contribution in [3.05, 3.63) is 73.8 Å². The molecule has 23 heavy (non-hydrogen) atoms. The Kier molecular flexibility index (Phi) is 3.52. The molecule has 1 heterocycles. The highest BCUT2D eigenvalue weighted by atomic mass is 35.5. The maximum absolute atomic E-state index is 12.8. The Morgan fingerprint density at radius 1 is 1.00 bits per heavy atom. The average molecular weight is 341 g/mol. The van der Waals surface area contributed by atoms with Gasteiger partial charge in [0.05, 0.1) is 27.0 Å². The molecule has 0 unspecified atom stereocenters. The number of rotatable bonds is 1. The summed E-state index contributed by atoms with van der Waals surface area (Å²) >= 11 is 5.91. The molecule has 0 atom stereocenters. The lowest BCUT2D eigenvalue weighted by Crippen LogP contribution is -2.29. The summed E-state index contributed by atoms with van der Waals surface area (Å²) in [5, 5.41) is 2.40. The highest BCUT2D eigenvalue weighted by Gasteiger charge is 2.31. The van der Waals surface area contributed by atoms with Gasteiger partial charge in [-0.2, -0.15) is 13.2 Å². The predicted molar refractivity (Wildman–Crippen MR) is 80.2 cm³/mol. The van der Waals surface area contributed by atoms with E-state index in [4.69, 9.17) is 11.6 Å². The van der Waals surface area contributed by atoms with Crippen molar-refractivity contribution in [2.75, 3.05) is 0 Å². The van der Waals surface area contributed by atoms with Gasteiger partial charge in [0.2, 0.25) is 0 Å². The Labute approximate surface area is 131 Å². The number of nitrogens with one attached hydrogen (secondary N) is 1. The molecular weight excluding hydrogens is 333 g/mol. The first-order chi connectivity index (χ1) is 10.8. The first kappa shape index (κ1) is 15.4. The summed E-state index contributed by atoms with van der Waals surface area (Å²) in [7, 11) is 0. The van der Waals surface area contributed by atoms with E-state index >= 15 is 0 Å². The number of hydrogen-bond donors (Lipinski definition) is 1. The summed E-state index contributed by atoms with van der Waals surface area (Å²) in [6.45, 7) is 0. The molecule has 0 spiro atoms. The third-order valence-corrected chi connectivity index (χ3v) is 3.65. The highest BCUT2D eigenvalue weighted by molar-refractivity contribution is 6.32. The average Bonchev–Trinajstić information content (AvgIpc) is 2.50. The Balaban J connectivity index is 2.36. The zero-order chi connectivity index (χ0) is 16.8. The molecule has 0 fully saturated rings. The van der Waals surface area contributed by atoms with Crippen molar-refractivity contribution >= 4 is 22.4 Å². The van der Waals surface area contributed by atoms with E-state index in [1.165, 1.54) is 12.1 Å². The van der Waals surface area contributed by atoms with E-state index in [1.807, 2.05) is 0 Å². The van der Waals surface area contributed by atoms with Gasteiger partial charge >= 0.3 is 6.18 Å². The number of halogens is 4. The fourth-order valence-corrected chi connectivity index (χ4v) is 2.43. The molecule has 3 rings (SSSR count). The number of hydrogen-bond acceptors (Lipinski definition) is 2. The third-order valence-electron chi connectivity index (χ3n) is 3.33. The van der Waals surface area contributed by atoms with Gasteiger partial charge in [0, 0.05) is 0 Å². The van der Waals surface area contributed by atoms with Crippen LogP contribution in [0.1, 0.15) is 5.56 Å². The summed E-state index contributed by atoms with van der Waals surface area (Å²) in [4.78, 5) is 24.5. The van der Waals surface area contributed by atoms with Gasteiger partial charge in [-0.05, 0) is 30.3 Å². The Morgan fingerprint density at radius 2 is 1.65 bits per heavy atom. The zero-order valence-electron chi connectivity index (χ0n) is 11.3. The van der Waals surface area contributed by atoms with Crippen LogP contribution in [0.25, 0.3) is 16.5 Å². The van der Waals surface area contributed by atoms with E-state index in [9.17, 15) is 22.8 Å². The van der Waals surface area contributed by atoms with Gasteiger partial charge in [-0.15, -0.1) is 0 Å². The molecule has 3 aromatic rings. The van der Waals surface area contributed by atoms with E-state index in [2.05, 4.69) is 5.10 Å². The number of nitrogens with zero attached hydrogens (tertiary/aromatic N) is 1. The lowest BCUT2D eigenvalue weighted by molar-refractivity contribution is -0.137. The Morgan fingerprint density at radius 3 is 2.30 bits per heavy atom. The smallest absolute Gasteiger partial charge is 0.267 e. The number of aromatic amines is 1. The first-order valence-corrected chi connectivity index (χ1v) is 6.78. The van der Waals surface area contributed by atoms with Crippen LogP contribution in [0.15, 0.2) is 52.1 Å². The van der Waals surface area contributed by atoms with Crippen molar-refractivity contribution in [2.45, 2.75) is 6.18 Å². The van der Waals surface area contributed by atoms with Crippen molar-refractivity contribution in [1.82, 2.24) is 9.78 Å². The van der Waals surface area contributed by atoms with Crippen LogP contribution in [0.4, 0.5) is 13.2 Å². The lowest BCUT2D eigenvalue weighted by atomic mass is 10.1. The van der Waals surface area contributed by atoms with Crippen LogP contribution in [0.3, 0.4) is 0 Å². The standard InChI is InChI=1S/C15H8ClF3N2O2/c16-11-6-5-8(15(17,18)19)7-12(11)21-14(23)10-4-2-1-3-9(10)13(22)20-21/h1-7H,(H,20,22). The quantitative estimate of drug-likeness (QED) is 0.738. The second-order valence-corrected chi connectivity index (χ2v) is 5.20. The normalized spacial score (nSPS) is 11.8. The fraction of sp³-hybridized carbons (Fsp3) is 0.0667. The zero-order valence-corrected chi connectivity index (χ0v) is 12.1. The molecule has 1 aromatic heterocycles. The van der Waals surface area contributed by atoms with E-state index < -0.39 is 22.9 Å². The third kappa shape index (κ3) is 2.63. The van der Waals surface area contributed by atoms with Crippen molar-refractivity contribution in [1.29, 1.82) is 0 Å². The molecule has 4 nitrogen and oxygen atoms in total. The van der Waals surface area contributed by atoms with Crippen LogP contribution in [-0.2, 0) is 6.18 Å². The van der Waals surface area contributed by atoms with Gasteiger partial charge in [-0.25, -0.2) is 4.68 Å². The molecule has 0 saturated heterocycles. The maximum atomic E-state index is 12.8. The van der Waals surface area contributed by atoms with E-state index in [1.54, 1.807) is 12.1 Å². The van der Waals surface area contributed by atoms with Gasteiger partial charge in [0.25, 0.3) is 11.1 Å². The second kappa shape index (κ2) is 5.27. The number of H-pyrrole nitrogens is 1. The van der Waals surface area contributed by atoms with Gasteiger partial charge in [0.15, 0.2) is 0 Å². The van der Waals surface area contributed by atoms with Gasteiger partial charge in [-0.3, -0.25) is 14.7 Å². The topological polar surface area (TPSA) is 54.9 Å². The van der Waals surface area contributed by atoms with Crippen molar-refractivity contribution in [3.8, 4) is 5.69 Å². The fourth-order valence-electron chi connectivity index (χ4n) is 2.23. The molecule has 118 valence electrons. The Bertz CT molecular complexity index is 1020. The Hall–Kier alpha value is -2.54. The molecular formula is C15H8ClF3N2O2. The van der Waals surface area contributed by atoms with E-state index in [0.29, 0.717) is 6.07 Å². The van der Waals surface area contributed by atoms with Crippen LogP contribution in [0, 0.1) is 0 Å². The number of fused-ring (bicyclic) bond motifs is 1. The van der Waals surface area contributed by atoms with Crippen LogP contribution in [-0.4, -0.2) is 9.78 Å². The van der Waals surface area contributed by atoms with Crippen LogP contribution < -0.4 is 11.1 Å². The maximum Gasteiger partial charge on any atom is 0.416 e. The van der Waals surface area contributed by atoms with E-state index in [0.717, 1.165) is 16.8 Å². The van der Waals surface area contributed by atoms with Gasteiger partial charge in [-0.1, -0.05) is 23.7 Å². The number of benzene rings is 2. The molecule has 0 saturated carbocycles. The minimum absolute atomic E-state index is 0.0877. The first-order valence-electron chi connectivity index (χ1n) is 6.40. The van der Waals surface area contributed by atoms with Crippen LogP contribution >= 0.6 is 11.6 Å². The number of aromatic nitrogens is 2. The largest absolute Gasteiger partial charge is 0.416 e. The van der Waals surface area contributed by atoms with Gasteiger partial charge in [0.1, 0.15) is 0 Å². The molecule has 0 radical (unpaired) electrons. The summed E-state index contributed by atoms with van der Waals surface area (Å²) in [5.41, 5.74) is -2.48.